The second kappa shape index (κ2) is 7.50. The van der Waals surface area contributed by atoms with Gasteiger partial charge in [0.05, 0.1) is 24.4 Å². The highest BCUT2D eigenvalue weighted by Crippen LogP contribution is 2.31. The second-order valence-corrected chi connectivity index (χ2v) is 7.11. The number of carbonyl (C=O) groups excluding carboxylic acids is 1. The standard InChI is InChI=1S/C22H23N3O4/c1-14-20(22(27)25(24(14)2)17-7-5-4-6-8-17)23-21(26)16-11-15-12-18(28-3)9-10-19(15)29-13-16/h4-10,12,16H,11,13H2,1-3H3,(H,23,26)/t16-/m1/s1. The number of amides is 1. The van der Waals surface area contributed by atoms with Gasteiger partial charge < -0.3 is 14.8 Å². The van der Waals surface area contributed by atoms with Crippen LogP contribution in [0.1, 0.15) is 11.3 Å². The fourth-order valence-corrected chi connectivity index (χ4v) is 3.60. The predicted octanol–water partition coefficient (Wildman–Crippen LogP) is 2.68. The molecule has 1 aliphatic rings. The van der Waals surface area contributed by atoms with Gasteiger partial charge in [0.1, 0.15) is 23.8 Å². The Hall–Kier alpha value is -3.48. The van der Waals surface area contributed by atoms with Crippen LogP contribution < -0.4 is 20.3 Å². The van der Waals surface area contributed by atoms with Gasteiger partial charge in [-0.15, -0.1) is 0 Å². The van der Waals surface area contributed by atoms with Crippen molar-refractivity contribution in [2.45, 2.75) is 13.3 Å². The van der Waals surface area contributed by atoms with Gasteiger partial charge in [-0.1, -0.05) is 18.2 Å². The minimum absolute atomic E-state index is 0.232. The van der Waals surface area contributed by atoms with Gasteiger partial charge in [0.25, 0.3) is 5.56 Å². The van der Waals surface area contributed by atoms with E-state index < -0.39 is 5.92 Å². The fourth-order valence-electron chi connectivity index (χ4n) is 3.60. The van der Waals surface area contributed by atoms with Crippen LogP contribution in [0.15, 0.2) is 53.3 Å². The summed E-state index contributed by atoms with van der Waals surface area (Å²) in [5, 5.41) is 2.83. The molecule has 1 amide bonds. The Bertz CT molecular complexity index is 1120. The molecule has 0 saturated heterocycles. The highest BCUT2D eigenvalue weighted by Gasteiger charge is 2.28. The molecule has 150 valence electrons. The van der Waals surface area contributed by atoms with Crippen LogP contribution in [0.2, 0.25) is 0 Å². The van der Waals surface area contributed by atoms with Crippen molar-refractivity contribution in [1.82, 2.24) is 9.36 Å². The van der Waals surface area contributed by atoms with Gasteiger partial charge in [-0.2, -0.15) is 0 Å². The van der Waals surface area contributed by atoms with Gasteiger partial charge in [0.2, 0.25) is 5.91 Å². The summed E-state index contributed by atoms with van der Waals surface area (Å²) in [6.45, 7) is 2.08. The molecular formula is C22H23N3O4. The van der Waals surface area contributed by atoms with Crippen molar-refractivity contribution in [3.05, 3.63) is 70.1 Å². The van der Waals surface area contributed by atoms with Crippen molar-refractivity contribution in [1.29, 1.82) is 0 Å². The first-order valence-electron chi connectivity index (χ1n) is 9.44. The number of benzene rings is 2. The molecule has 7 nitrogen and oxygen atoms in total. The zero-order valence-corrected chi connectivity index (χ0v) is 16.6. The fraction of sp³-hybridized carbons (Fsp3) is 0.273. The molecule has 0 radical (unpaired) electrons. The number of ether oxygens (including phenoxy) is 2. The Balaban J connectivity index is 1.59. The monoisotopic (exact) mass is 393 g/mol. The van der Waals surface area contributed by atoms with Crippen LogP contribution in [0, 0.1) is 12.8 Å². The number of hydrogen-bond acceptors (Lipinski definition) is 4. The van der Waals surface area contributed by atoms with Crippen molar-refractivity contribution in [2.24, 2.45) is 13.0 Å². The van der Waals surface area contributed by atoms with Crippen LogP contribution in [0.5, 0.6) is 11.5 Å². The van der Waals surface area contributed by atoms with Crippen LogP contribution in [0.25, 0.3) is 5.69 Å². The van der Waals surface area contributed by atoms with Crippen LogP contribution >= 0.6 is 0 Å². The number of fused-ring (bicyclic) bond motifs is 1. The highest BCUT2D eigenvalue weighted by atomic mass is 16.5. The lowest BCUT2D eigenvalue weighted by Gasteiger charge is -2.24. The van der Waals surface area contributed by atoms with E-state index >= 15 is 0 Å². The minimum Gasteiger partial charge on any atom is -0.497 e. The summed E-state index contributed by atoms with van der Waals surface area (Å²) in [5.41, 5.74) is 2.37. The molecule has 0 unspecified atom stereocenters. The SMILES string of the molecule is COc1ccc2c(c1)C[C@@H](C(=O)Nc1c(C)n(C)n(-c3ccccc3)c1=O)CO2. The van der Waals surface area contributed by atoms with E-state index in [1.807, 2.05) is 55.5 Å². The number of aromatic nitrogens is 2. The molecule has 4 rings (SSSR count). The third kappa shape index (κ3) is 3.40. The molecule has 1 atom stereocenters. The van der Waals surface area contributed by atoms with Gasteiger partial charge in [-0.05, 0) is 49.2 Å². The molecule has 0 saturated carbocycles. The number of rotatable bonds is 4. The van der Waals surface area contributed by atoms with Crippen LogP contribution in [-0.4, -0.2) is 29.0 Å². The molecule has 2 heterocycles. The molecule has 0 spiro atoms. The van der Waals surface area contributed by atoms with Crippen molar-refractivity contribution in [3.63, 3.8) is 0 Å². The summed E-state index contributed by atoms with van der Waals surface area (Å²) in [6.07, 6.45) is 0.525. The minimum atomic E-state index is -0.390. The molecule has 1 aliphatic heterocycles. The molecular weight excluding hydrogens is 370 g/mol. The predicted molar refractivity (Wildman–Crippen MR) is 110 cm³/mol. The molecule has 7 heteroatoms. The average Bonchev–Trinajstić information content (AvgIpc) is 2.96. The molecule has 0 aliphatic carbocycles. The van der Waals surface area contributed by atoms with Crippen molar-refractivity contribution >= 4 is 11.6 Å². The molecule has 1 aromatic heterocycles. The number of nitrogens with one attached hydrogen (secondary N) is 1. The molecule has 29 heavy (non-hydrogen) atoms. The first kappa shape index (κ1) is 18.9. The van der Waals surface area contributed by atoms with E-state index in [1.165, 1.54) is 0 Å². The van der Waals surface area contributed by atoms with E-state index in [1.54, 1.807) is 23.5 Å². The topological polar surface area (TPSA) is 74.5 Å². The van der Waals surface area contributed by atoms with Crippen LogP contribution in [0.4, 0.5) is 5.69 Å². The maximum absolute atomic E-state index is 13.0. The first-order chi connectivity index (χ1) is 14.0. The van der Waals surface area contributed by atoms with E-state index in [-0.39, 0.29) is 23.8 Å². The lowest BCUT2D eigenvalue weighted by molar-refractivity contribution is -0.121. The summed E-state index contributed by atoms with van der Waals surface area (Å²) in [7, 11) is 3.40. The normalized spacial score (nSPS) is 15.3. The van der Waals surface area contributed by atoms with Gasteiger partial charge in [0.15, 0.2) is 0 Å². The van der Waals surface area contributed by atoms with Crippen LogP contribution in [0.3, 0.4) is 0 Å². The number of nitrogens with zero attached hydrogens (tertiary/aromatic N) is 2. The number of carbonyl (C=O) groups is 1. The average molecular weight is 393 g/mol. The van der Waals surface area contributed by atoms with Gasteiger partial charge in [0, 0.05) is 7.05 Å². The maximum Gasteiger partial charge on any atom is 0.295 e. The highest BCUT2D eigenvalue weighted by molar-refractivity contribution is 5.93. The third-order valence-corrected chi connectivity index (χ3v) is 5.35. The first-order valence-corrected chi connectivity index (χ1v) is 9.44. The number of methoxy groups -OCH3 is 1. The smallest absolute Gasteiger partial charge is 0.295 e. The lowest BCUT2D eigenvalue weighted by Crippen LogP contribution is -2.34. The van der Waals surface area contributed by atoms with E-state index in [0.717, 1.165) is 22.7 Å². The molecule has 0 fully saturated rings. The Morgan fingerprint density at radius 2 is 1.97 bits per heavy atom. The zero-order chi connectivity index (χ0) is 20.5. The molecule has 1 N–H and O–H groups in total. The van der Waals surface area contributed by atoms with Gasteiger partial charge in [-0.3, -0.25) is 14.3 Å². The molecule has 3 aromatic rings. The zero-order valence-electron chi connectivity index (χ0n) is 16.6. The van der Waals surface area contributed by atoms with Crippen molar-refractivity contribution in [2.75, 3.05) is 19.0 Å². The number of para-hydroxylation sites is 1. The van der Waals surface area contributed by atoms with E-state index in [2.05, 4.69) is 5.32 Å². The van der Waals surface area contributed by atoms with Crippen molar-refractivity contribution in [3.8, 4) is 17.2 Å². The summed E-state index contributed by atoms with van der Waals surface area (Å²) in [6, 6.07) is 14.9. The number of anilines is 1. The number of hydrogen-bond donors (Lipinski definition) is 1. The molecule has 2 aromatic carbocycles. The third-order valence-electron chi connectivity index (χ3n) is 5.35. The van der Waals surface area contributed by atoms with E-state index in [0.29, 0.717) is 12.1 Å². The van der Waals surface area contributed by atoms with E-state index in [9.17, 15) is 9.59 Å². The Labute approximate surface area is 168 Å². The summed E-state index contributed by atoms with van der Waals surface area (Å²) in [5.74, 6) is 0.860. The van der Waals surface area contributed by atoms with Crippen LogP contribution in [-0.2, 0) is 18.3 Å². The summed E-state index contributed by atoms with van der Waals surface area (Å²) < 4.78 is 14.3. The molecule has 0 bridgehead atoms. The Morgan fingerprint density at radius 3 is 2.69 bits per heavy atom. The second-order valence-electron chi connectivity index (χ2n) is 7.11. The summed E-state index contributed by atoms with van der Waals surface area (Å²) in [4.78, 5) is 25.9. The Kier molecular flexibility index (Phi) is 4.88. The van der Waals surface area contributed by atoms with Gasteiger partial charge >= 0.3 is 0 Å². The maximum atomic E-state index is 13.0. The quantitative estimate of drug-likeness (QED) is 0.740. The lowest BCUT2D eigenvalue weighted by atomic mass is 9.95. The largest absolute Gasteiger partial charge is 0.497 e. The Morgan fingerprint density at radius 1 is 1.21 bits per heavy atom. The van der Waals surface area contributed by atoms with Gasteiger partial charge in [-0.25, -0.2) is 4.68 Å². The van der Waals surface area contributed by atoms with E-state index in [4.69, 9.17) is 9.47 Å². The van der Waals surface area contributed by atoms with Crippen molar-refractivity contribution < 1.29 is 14.3 Å². The summed E-state index contributed by atoms with van der Waals surface area (Å²) >= 11 is 0.